The topological polar surface area (TPSA) is 71.9 Å². The van der Waals surface area contributed by atoms with Gasteiger partial charge in [0.25, 0.3) is 0 Å². The van der Waals surface area contributed by atoms with Crippen LogP contribution >= 0.6 is 22.9 Å². The Morgan fingerprint density at radius 1 is 1.44 bits per heavy atom. The van der Waals surface area contributed by atoms with Gasteiger partial charge in [0.15, 0.2) is 5.96 Å². The lowest BCUT2D eigenvalue weighted by Crippen LogP contribution is -2.38. The highest BCUT2D eigenvalue weighted by Crippen LogP contribution is 2.20. The minimum atomic E-state index is 0.00888. The van der Waals surface area contributed by atoms with Crippen molar-refractivity contribution in [2.45, 2.75) is 26.5 Å². The van der Waals surface area contributed by atoms with E-state index < -0.39 is 0 Å². The van der Waals surface area contributed by atoms with Crippen LogP contribution < -0.4 is 10.1 Å². The van der Waals surface area contributed by atoms with Gasteiger partial charge in [0, 0.05) is 38.3 Å². The fourth-order valence-electron chi connectivity index (χ4n) is 2.22. The number of aromatic nitrogens is 2. The van der Waals surface area contributed by atoms with Crippen molar-refractivity contribution in [3.05, 3.63) is 39.4 Å². The highest BCUT2D eigenvalue weighted by Gasteiger charge is 2.12. The summed E-state index contributed by atoms with van der Waals surface area (Å²) in [6.45, 7) is 6.43. The first kappa shape index (κ1) is 21.4. The van der Waals surface area contributed by atoms with Gasteiger partial charge >= 0.3 is 0 Å². The van der Waals surface area contributed by atoms with Gasteiger partial charge in [0.1, 0.15) is 17.7 Å². The maximum atomic E-state index is 5.81. The molecule has 7 nitrogen and oxygen atoms in total. The average Bonchev–Trinajstić information content (AvgIpc) is 3.13. The molecule has 0 aromatic carbocycles. The Labute approximate surface area is 169 Å². The smallest absolute Gasteiger partial charge is 0.213 e. The van der Waals surface area contributed by atoms with Gasteiger partial charge in [-0.25, -0.2) is 15.0 Å². The maximum Gasteiger partial charge on any atom is 0.213 e. The molecule has 0 saturated carbocycles. The number of ether oxygens (including phenoxy) is 2. The van der Waals surface area contributed by atoms with Crippen LogP contribution in [0.25, 0.3) is 0 Å². The summed E-state index contributed by atoms with van der Waals surface area (Å²) >= 11 is 7.42. The number of hydrogen-bond donors (Lipinski definition) is 1. The third-order valence-electron chi connectivity index (χ3n) is 3.67. The van der Waals surface area contributed by atoms with Gasteiger partial charge in [-0.1, -0.05) is 11.6 Å². The number of guanidine groups is 1. The van der Waals surface area contributed by atoms with Crippen molar-refractivity contribution in [2.75, 3.05) is 33.9 Å². The lowest BCUT2D eigenvalue weighted by atomic mass is 10.4. The summed E-state index contributed by atoms with van der Waals surface area (Å²) in [5.41, 5.74) is 0.994. The van der Waals surface area contributed by atoms with Crippen molar-refractivity contribution in [1.82, 2.24) is 20.2 Å². The van der Waals surface area contributed by atoms with Crippen LogP contribution in [0.15, 0.2) is 28.7 Å². The zero-order valence-corrected chi connectivity index (χ0v) is 17.7. The van der Waals surface area contributed by atoms with Gasteiger partial charge in [-0.3, -0.25) is 0 Å². The average molecular weight is 412 g/mol. The monoisotopic (exact) mass is 411 g/mol. The number of thiazole rings is 1. The number of pyridine rings is 1. The zero-order chi connectivity index (χ0) is 19.6. The third-order valence-corrected chi connectivity index (χ3v) is 4.95. The first-order valence-electron chi connectivity index (χ1n) is 8.74. The minimum Gasteiger partial charge on any atom is -0.476 e. The molecule has 1 unspecified atom stereocenters. The summed E-state index contributed by atoms with van der Waals surface area (Å²) in [6.07, 6.45) is 1.57. The van der Waals surface area contributed by atoms with Gasteiger partial charge in [-0.05, 0) is 19.9 Å². The summed E-state index contributed by atoms with van der Waals surface area (Å²) in [5.74, 6) is 1.34. The largest absolute Gasteiger partial charge is 0.476 e. The molecule has 148 valence electrons. The second-order valence-corrected chi connectivity index (χ2v) is 7.14. The van der Waals surface area contributed by atoms with Crippen LogP contribution in [0.5, 0.6) is 5.88 Å². The molecule has 0 aliphatic heterocycles. The van der Waals surface area contributed by atoms with Gasteiger partial charge in [0.05, 0.1) is 23.8 Å². The Balaban J connectivity index is 1.89. The Morgan fingerprint density at radius 3 is 2.93 bits per heavy atom. The molecular weight excluding hydrogens is 386 g/mol. The minimum absolute atomic E-state index is 0.00888. The summed E-state index contributed by atoms with van der Waals surface area (Å²) in [7, 11) is 3.68. The van der Waals surface area contributed by atoms with Crippen molar-refractivity contribution in [1.29, 1.82) is 0 Å². The van der Waals surface area contributed by atoms with Crippen molar-refractivity contribution >= 4 is 28.9 Å². The van der Waals surface area contributed by atoms with E-state index in [1.165, 1.54) is 0 Å². The number of nitrogens with one attached hydrogen (secondary N) is 1. The van der Waals surface area contributed by atoms with Crippen LogP contribution in [-0.4, -0.2) is 54.7 Å². The van der Waals surface area contributed by atoms with Crippen molar-refractivity contribution in [3.8, 4) is 5.88 Å². The summed E-state index contributed by atoms with van der Waals surface area (Å²) in [5, 5.41) is 6.91. The molecule has 0 radical (unpaired) electrons. The predicted octanol–water partition coefficient (Wildman–Crippen LogP) is 3.38. The first-order chi connectivity index (χ1) is 13.0. The summed E-state index contributed by atoms with van der Waals surface area (Å²) in [6, 6.07) is 3.49. The molecular formula is C18H26ClN5O2S. The van der Waals surface area contributed by atoms with E-state index in [1.54, 1.807) is 36.8 Å². The van der Waals surface area contributed by atoms with Crippen LogP contribution in [0.3, 0.4) is 0 Å². The second-order valence-electron chi connectivity index (χ2n) is 5.81. The molecule has 1 N–H and O–H groups in total. The van der Waals surface area contributed by atoms with Gasteiger partial charge in [0.2, 0.25) is 5.88 Å². The molecule has 2 rings (SSSR count). The third kappa shape index (κ3) is 6.97. The van der Waals surface area contributed by atoms with Crippen molar-refractivity contribution in [3.63, 3.8) is 0 Å². The van der Waals surface area contributed by atoms with Crippen LogP contribution in [-0.2, 0) is 11.3 Å². The number of methoxy groups -OCH3 is 1. The van der Waals surface area contributed by atoms with Crippen molar-refractivity contribution < 1.29 is 9.47 Å². The highest BCUT2D eigenvalue weighted by atomic mass is 35.5. The number of halogens is 1. The Hall–Kier alpha value is -1.90. The predicted molar refractivity (Wildman–Crippen MR) is 110 cm³/mol. The molecule has 0 amide bonds. The molecule has 0 saturated heterocycles. The van der Waals surface area contributed by atoms with E-state index in [4.69, 9.17) is 21.1 Å². The van der Waals surface area contributed by atoms with E-state index in [9.17, 15) is 0 Å². The quantitative estimate of drug-likeness (QED) is 0.387. The van der Waals surface area contributed by atoms with Gasteiger partial charge < -0.3 is 19.7 Å². The molecule has 2 aromatic rings. The summed E-state index contributed by atoms with van der Waals surface area (Å²) < 4.78 is 10.9. The van der Waals surface area contributed by atoms with E-state index in [-0.39, 0.29) is 6.10 Å². The van der Waals surface area contributed by atoms with Crippen LogP contribution in [0.2, 0.25) is 5.02 Å². The van der Waals surface area contributed by atoms with E-state index in [0.717, 1.165) is 23.2 Å². The maximum absolute atomic E-state index is 5.81. The van der Waals surface area contributed by atoms with E-state index in [1.807, 2.05) is 25.8 Å². The Morgan fingerprint density at radius 2 is 2.26 bits per heavy atom. The van der Waals surface area contributed by atoms with Crippen LogP contribution in [0, 0.1) is 0 Å². The van der Waals surface area contributed by atoms with E-state index >= 15 is 0 Å². The standard InChI is InChI=1S/C18H26ClN5O2S/c1-5-20-18(21-8-9-26-16-7-6-14(19)10-22-16)24(3)11-15-12-27-17(23-15)13(2)25-4/h6-7,10,12-13H,5,8-9,11H2,1-4H3,(H,20,21). The van der Waals surface area contributed by atoms with Gasteiger partial charge in [-0.15, -0.1) is 11.3 Å². The molecule has 27 heavy (non-hydrogen) atoms. The number of nitrogens with zero attached hydrogens (tertiary/aromatic N) is 4. The second kappa shape index (κ2) is 11.1. The van der Waals surface area contributed by atoms with Crippen LogP contribution in [0.4, 0.5) is 0 Å². The fourth-order valence-corrected chi connectivity index (χ4v) is 3.17. The molecule has 0 aliphatic carbocycles. The number of hydrogen-bond acceptors (Lipinski definition) is 6. The van der Waals surface area contributed by atoms with E-state index in [2.05, 4.69) is 25.7 Å². The normalized spacial score (nSPS) is 12.7. The molecule has 2 heterocycles. The highest BCUT2D eigenvalue weighted by molar-refractivity contribution is 7.09. The lowest BCUT2D eigenvalue weighted by Gasteiger charge is -2.21. The molecule has 0 bridgehead atoms. The fraction of sp³-hybridized carbons (Fsp3) is 0.500. The Kier molecular flexibility index (Phi) is 8.77. The molecule has 9 heteroatoms. The lowest BCUT2D eigenvalue weighted by molar-refractivity contribution is 0.119. The Bertz CT molecular complexity index is 723. The molecule has 0 fully saturated rings. The zero-order valence-electron chi connectivity index (χ0n) is 16.1. The van der Waals surface area contributed by atoms with E-state index in [0.29, 0.717) is 30.6 Å². The van der Waals surface area contributed by atoms with Gasteiger partial charge in [-0.2, -0.15) is 0 Å². The van der Waals surface area contributed by atoms with Crippen LogP contribution in [0.1, 0.15) is 30.7 Å². The van der Waals surface area contributed by atoms with Crippen molar-refractivity contribution in [2.24, 2.45) is 4.99 Å². The number of rotatable bonds is 9. The molecule has 0 aliphatic rings. The number of aliphatic imine (C=N–C) groups is 1. The first-order valence-corrected chi connectivity index (χ1v) is 10.00. The summed E-state index contributed by atoms with van der Waals surface area (Å²) in [4.78, 5) is 15.4. The SMILES string of the molecule is CCNC(=NCCOc1ccc(Cl)cn1)N(C)Cc1csc(C(C)OC)n1. The molecule has 1 atom stereocenters. The molecule has 0 spiro atoms. The molecule has 2 aromatic heterocycles.